The van der Waals surface area contributed by atoms with E-state index in [1.807, 2.05) is 38.1 Å². The van der Waals surface area contributed by atoms with Gasteiger partial charge < -0.3 is 10.1 Å². The number of aromatic nitrogens is 5. The van der Waals surface area contributed by atoms with E-state index < -0.39 is 0 Å². The van der Waals surface area contributed by atoms with E-state index in [0.29, 0.717) is 30.1 Å². The standard InChI is InChI=1S/C24H21FN6O2/c1-3-33-18-10-6-15(7-11-18)19-12-21(32)28-23-22(19)14(2)30-31(23)24-27-20(13-26-29-24)16-4-8-17(25)9-5-16/h4-11,13,19H,3,12H2,1-2H3,(H,28,32)/t19-/m0/s1. The van der Waals surface area contributed by atoms with E-state index in [1.54, 1.807) is 12.1 Å². The lowest BCUT2D eigenvalue weighted by atomic mass is 9.86. The van der Waals surface area contributed by atoms with Gasteiger partial charge in [-0.25, -0.2) is 9.37 Å². The molecule has 4 aromatic rings. The molecular weight excluding hydrogens is 423 g/mol. The van der Waals surface area contributed by atoms with Crippen LogP contribution in [0, 0.1) is 12.7 Å². The highest BCUT2D eigenvalue weighted by atomic mass is 19.1. The number of rotatable bonds is 5. The molecule has 0 bridgehead atoms. The average Bonchev–Trinajstić information content (AvgIpc) is 3.16. The second kappa shape index (κ2) is 8.42. The molecule has 0 radical (unpaired) electrons. The number of anilines is 1. The summed E-state index contributed by atoms with van der Waals surface area (Å²) in [5.74, 6) is 0.915. The van der Waals surface area contributed by atoms with E-state index in [2.05, 4.69) is 25.6 Å². The van der Waals surface area contributed by atoms with Gasteiger partial charge in [0.15, 0.2) is 0 Å². The van der Waals surface area contributed by atoms with Crippen molar-refractivity contribution in [2.45, 2.75) is 26.2 Å². The number of carbonyl (C=O) groups is 1. The van der Waals surface area contributed by atoms with Crippen LogP contribution < -0.4 is 10.1 Å². The third kappa shape index (κ3) is 3.93. The monoisotopic (exact) mass is 444 g/mol. The quantitative estimate of drug-likeness (QED) is 0.499. The minimum atomic E-state index is -0.333. The molecule has 0 saturated heterocycles. The van der Waals surface area contributed by atoms with Gasteiger partial charge in [-0.15, -0.1) is 5.10 Å². The largest absolute Gasteiger partial charge is 0.494 e. The lowest BCUT2D eigenvalue weighted by Gasteiger charge is -2.24. The molecule has 5 rings (SSSR count). The molecule has 0 fully saturated rings. The fraction of sp³-hybridized carbons (Fsp3) is 0.208. The highest BCUT2D eigenvalue weighted by Gasteiger charge is 2.33. The molecule has 33 heavy (non-hydrogen) atoms. The zero-order chi connectivity index (χ0) is 22.9. The Hall–Kier alpha value is -4.14. The van der Waals surface area contributed by atoms with E-state index >= 15 is 0 Å². The summed E-state index contributed by atoms with van der Waals surface area (Å²) in [4.78, 5) is 17.2. The summed E-state index contributed by atoms with van der Waals surface area (Å²) in [5, 5.41) is 15.7. The second-order valence-corrected chi connectivity index (χ2v) is 7.71. The maximum Gasteiger partial charge on any atom is 0.272 e. The molecule has 1 aliphatic rings. The molecule has 1 amide bonds. The van der Waals surface area contributed by atoms with Gasteiger partial charge in [-0.05, 0) is 55.8 Å². The second-order valence-electron chi connectivity index (χ2n) is 7.71. The lowest BCUT2D eigenvalue weighted by molar-refractivity contribution is -0.116. The number of amides is 1. The molecule has 1 N–H and O–H groups in total. The van der Waals surface area contributed by atoms with E-state index in [-0.39, 0.29) is 23.6 Å². The average molecular weight is 444 g/mol. The van der Waals surface area contributed by atoms with Crippen molar-refractivity contribution in [3.05, 3.63) is 77.4 Å². The predicted octanol–water partition coefficient (Wildman–Crippen LogP) is 4.04. The summed E-state index contributed by atoms with van der Waals surface area (Å²) >= 11 is 0. The Morgan fingerprint density at radius 1 is 1.15 bits per heavy atom. The molecule has 0 saturated carbocycles. The van der Waals surface area contributed by atoms with Crippen molar-refractivity contribution in [2.75, 3.05) is 11.9 Å². The fourth-order valence-electron chi connectivity index (χ4n) is 4.08. The third-order valence-corrected chi connectivity index (χ3v) is 5.57. The van der Waals surface area contributed by atoms with Crippen molar-refractivity contribution in [2.24, 2.45) is 0 Å². The summed E-state index contributed by atoms with van der Waals surface area (Å²) in [6, 6.07) is 13.7. The molecule has 0 aliphatic carbocycles. The van der Waals surface area contributed by atoms with E-state index in [9.17, 15) is 9.18 Å². The van der Waals surface area contributed by atoms with Gasteiger partial charge in [0.25, 0.3) is 5.95 Å². The molecular formula is C24H21FN6O2. The van der Waals surface area contributed by atoms with Crippen LogP contribution in [-0.4, -0.2) is 37.5 Å². The number of hydrogen-bond acceptors (Lipinski definition) is 6. The van der Waals surface area contributed by atoms with Crippen LogP contribution in [0.4, 0.5) is 10.2 Å². The highest BCUT2D eigenvalue weighted by Crippen LogP contribution is 2.40. The molecule has 0 spiro atoms. The zero-order valence-electron chi connectivity index (χ0n) is 18.1. The van der Waals surface area contributed by atoms with Crippen LogP contribution in [0.15, 0.2) is 54.7 Å². The van der Waals surface area contributed by atoms with E-state index in [0.717, 1.165) is 22.6 Å². The number of aryl methyl sites for hydroxylation is 1. The molecule has 1 aliphatic heterocycles. The van der Waals surface area contributed by atoms with Gasteiger partial charge in [0.05, 0.1) is 24.2 Å². The molecule has 2 aromatic heterocycles. The number of benzene rings is 2. The van der Waals surface area contributed by atoms with Crippen molar-refractivity contribution in [1.29, 1.82) is 0 Å². The number of carbonyl (C=O) groups excluding carboxylic acids is 1. The topological polar surface area (TPSA) is 94.8 Å². The van der Waals surface area contributed by atoms with Crippen LogP contribution >= 0.6 is 0 Å². The Morgan fingerprint density at radius 2 is 1.91 bits per heavy atom. The Kier molecular flexibility index (Phi) is 5.29. The third-order valence-electron chi connectivity index (χ3n) is 5.57. The highest BCUT2D eigenvalue weighted by molar-refractivity contribution is 5.95. The number of nitrogens with zero attached hydrogens (tertiary/aromatic N) is 5. The Morgan fingerprint density at radius 3 is 2.64 bits per heavy atom. The molecule has 0 unspecified atom stereocenters. The minimum absolute atomic E-state index is 0.120. The first-order valence-corrected chi connectivity index (χ1v) is 10.6. The summed E-state index contributed by atoms with van der Waals surface area (Å²) in [7, 11) is 0. The molecule has 2 aromatic carbocycles. The maximum atomic E-state index is 13.3. The van der Waals surface area contributed by atoms with Crippen molar-refractivity contribution in [3.8, 4) is 23.0 Å². The molecule has 166 valence electrons. The van der Waals surface area contributed by atoms with Gasteiger partial charge in [-0.1, -0.05) is 12.1 Å². The zero-order valence-corrected chi connectivity index (χ0v) is 18.1. The molecule has 3 heterocycles. The fourth-order valence-corrected chi connectivity index (χ4v) is 4.08. The predicted molar refractivity (Wildman–Crippen MR) is 120 cm³/mol. The van der Waals surface area contributed by atoms with Gasteiger partial charge >= 0.3 is 0 Å². The van der Waals surface area contributed by atoms with Crippen molar-refractivity contribution < 1.29 is 13.9 Å². The van der Waals surface area contributed by atoms with Crippen molar-refractivity contribution in [1.82, 2.24) is 25.0 Å². The summed E-state index contributed by atoms with van der Waals surface area (Å²) in [6.45, 7) is 4.42. The Bertz CT molecular complexity index is 1320. The van der Waals surface area contributed by atoms with Gasteiger partial charge in [0.2, 0.25) is 5.91 Å². The smallest absolute Gasteiger partial charge is 0.272 e. The maximum absolute atomic E-state index is 13.3. The normalized spacial score (nSPS) is 15.1. The minimum Gasteiger partial charge on any atom is -0.494 e. The van der Waals surface area contributed by atoms with Gasteiger partial charge in [-0.3, -0.25) is 4.79 Å². The van der Waals surface area contributed by atoms with Crippen LogP contribution in [-0.2, 0) is 4.79 Å². The lowest BCUT2D eigenvalue weighted by Crippen LogP contribution is -2.25. The summed E-state index contributed by atoms with van der Waals surface area (Å²) in [6.07, 6.45) is 1.81. The number of nitrogens with one attached hydrogen (secondary N) is 1. The Balaban J connectivity index is 1.56. The van der Waals surface area contributed by atoms with E-state index in [1.165, 1.54) is 23.0 Å². The van der Waals surface area contributed by atoms with Crippen LogP contribution in [0.25, 0.3) is 17.2 Å². The van der Waals surface area contributed by atoms with Crippen LogP contribution in [0.5, 0.6) is 5.75 Å². The number of fused-ring (bicyclic) bond motifs is 1. The van der Waals surface area contributed by atoms with Crippen LogP contribution in [0.2, 0.25) is 0 Å². The first kappa shape index (κ1) is 20.7. The van der Waals surface area contributed by atoms with Crippen LogP contribution in [0.1, 0.15) is 36.1 Å². The molecule has 1 atom stereocenters. The molecule has 9 heteroatoms. The number of ether oxygens (including phenoxy) is 1. The molecule has 8 nitrogen and oxygen atoms in total. The van der Waals surface area contributed by atoms with Gasteiger partial charge in [-0.2, -0.15) is 14.9 Å². The first-order valence-electron chi connectivity index (χ1n) is 10.6. The summed E-state index contributed by atoms with van der Waals surface area (Å²) in [5.41, 5.74) is 3.89. The Labute approximate surface area is 189 Å². The summed E-state index contributed by atoms with van der Waals surface area (Å²) < 4.78 is 20.3. The SMILES string of the molecule is CCOc1ccc([C@@H]2CC(=O)Nc3c2c(C)nn3-c2nncc(-c3ccc(F)cc3)n2)cc1. The van der Waals surface area contributed by atoms with Gasteiger partial charge in [0.1, 0.15) is 17.4 Å². The number of halogens is 1. The van der Waals surface area contributed by atoms with Crippen molar-refractivity contribution in [3.63, 3.8) is 0 Å². The number of hydrogen-bond donors (Lipinski definition) is 1. The first-order chi connectivity index (χ1) is 16.0. The van der Waals surface area contributed by atoms with Crippen LogP contribution in [0.3, 0.4) is 0 Å². The van der Waals surface area contributed by atoms with E-state index in [4.69, 9.17) is 4.74 Å². The van der Waals surface area contributed by atoms with Crippen molar-refractivity contribution >= 4 is 11.7 Å². The van der Waals surface area contributed by atoms with Gasteiger partial charge in [0, 0.05) is 23.5 Å².